The summed E-state index contributed by atoms with van der Waals surface area (Å²) in [5.74, 6) is -9.06. The maximum Gasteiger partial charge on any atom is 0.303 e. The zero-order chi connectivity index (χ0) is 65.0. The van der Waals surface area contributed by atoms with E-state index in [9.17, 15) is 47.9 Å². The highest BCUT2D eigenvalue weighted by atomic mass is 16.8. The molecule has 5 aliphatic heterocycles. The third-order valence-electron chi connectivity index (χ3n) is 15.3. The number of allylic oxidation sites excluding steroid dienone is 1. The first-order chi connectivity index (χ1) is 43.7. The van der Waals surface area contributed by atoms with Gasteiger partial charge in [0.2, 0.25) is 0 Å². The summed E-state index contributed by atoms with van der Waals surface area (Å²) in [4.78, 5) is 139. The number of amides is 4. The number of ether oxygens (including phenoxy) is 14. The fraction of sp³-hybridized carbons (Fsp3) is 0.446. The molecule has 3 fully saturated rings. The lowest BCUT2D eigenvalue weighted by Crippen LogP contribution is -2.71. The molecule has 0 saturated carbocycles. The van der Waals surface area contributed by atoms with Crippen molar-refractivity contribution < 1.29 is 114 Å². The van der Waals surface area contributed by atoms with E-state index in [1.54, 1.807) is 48.5 Å². The average molecular weight is 1260 g/mol. The normalized spacial score (nSPS) is 27.7. The van der Waals surface area contributed by atoms with Crippen LogP contribution < -0.4 is 0 Å². The van der Waals surface area contributed by atoms with Crippen LogP contribution in [0.25, 0.3) is 0 Å². The van der Waals surface area contributed by atoms with Crippen molar-refractivity contribution in [2.24, 2.45) is 0 Å². The van der Waals surface area contributed by atoms with Gasteiger partial charge in [-0.3, -0.25) is 57.7 Å². The molecule has 5 heterocycles. The molecule has 26 nitrogen and oxygen atoms in total. The van der Waals surface area contributed by atoms with Crippen LogP contribution in [0.1, 0.15) is 107 Å². The van der Waals surface area contributed by atoms with E-state index >= 15 is 0 Å². The van der Waals surface area contributed by atoms with E-state index in [0.717, 1.165) is 56.9 Å². The second-order valence-electron chi connectivity index (χ2n) is 21.8. The highest BCUT2D eigenvalue weighted by Crippen LogP contribution is 2.42. The largest absolute Gasteiger partial charge is 0.463 e. The van der Waals surface area contributed by atoms with Crippen molar-refractivity contribution in [2.75, 3.05) is 26.4 Å². The molecule has 4 aromatic rings. The predicted octanol–water partition coefficient (Wildman–Crippen LogP) is 4.90. The highest BCUT2D eigenvalue weighted by molar-refractivity contribution is 6.22. The van der Waals surface area contributed by atoms with Crippen LogP contribution in [0.5, 0.6) is 0 Å². The van der Waals surface area contributed by atoms with Gasteiger partial charge in [0.15, 0.2) is 43.3 Å². The maximum absolute atomic E-state index is 14.9. The number of carbonyl (C=O) groups is 10. The topological polar surface area (TPSA) is 306 Å². The fourth-order valence-corrected chi connectivity index (χ4v) is 11.5. The number of benzene rings is 4. The molecule has 4 amide bonds. The van der Waals surface area contributed by atoms with E-state index in [4.69, 9.17) is 66.3 Å². The van der Waals surface area contributed by atoms with Crippen molar-refractivity contribution in [3.05, 3.63) is 155 Å². The van der Waals surface area contributed by atoms with Crippen LogP contribution in [-0.2, 0) is 108 Å². The summed E-state index contributed by atoms with van der Waals surface area (Å²) in [6.07, 6.45) is -20.0. The SMILES string of the molecule is C=CCCCOC1OC(COCc2ccccc2)C(OC2OC(COC(C)=O)C(OC(C)=O)C(OC(C)=O)C2N2C(=O)c3ccccc3C2=O)C(OCc2ccccc2)C1OC1OC(COC(C)=O)C(OC(C)=O)C(OC(C)=O)C1N1C(=O)c2ccccc2C1=O. The Kier molecular flexibility index (Phi) is 22.4. The summed E-state index contributed by atoms with van der Waals surface area (Å²) in [7, 11) is 0. The lowest BCUT2D eigenvalue weighted by molar-refractivity contribution is -0.383. The number of hydrogen-bond acceptors (Lipinski definition) is 24. The zero-order valence-electron chi connectivity index (χ0n) is 50.7. The number of carbonyl (C=O) groups excluding carboxylic acids is 10. The summed E-state index contributed by atoms with van der Waals surface area (Å²) < 4.78 is 89.5. The summed E-state index contributed by atoms with van der Waals surface area (Å²) in [6, 6.07) is 25.8. The van der Waals surface area contributed by atoms with Gasteiger partial charge < -0.3 is 66.3 Å². The van der Waals surface area contributed by atoms with E-state index < -0.39 is 165 Å². The maximum atomic E-state index is 14.9. The molecule has 15 unspecified atom stereocenters. The van der Waals surface area contributed by atoms with Crippen LogP contribution in [0, 0.1) is 0 Å². The van der Waals surface area contributed by atoms with Crippen molar-refractivity contribution in [3.63, 3.8) is 0 Å². The third kappa shape index (κ3) is 15.8. The summed E-state index contributed by atoms with van der Waals surface area (Å²) in [5, 5.41) is 0. The van der Waals surface area contributed by atoms with Crippen molar-refractivity contribution in [2.45, 2.75) is 160 Å². The number of imide groups is 2. The molecule has 91 heavy (non-hydrogen) atoms. The molecule has 0 spiro atoms. The minimum absolute atomic E-state index is 0.0168. The molecule has 9 rings (SSSR count). The van der Waals surface area contributed by atoms with Crippen LogP contribution in [0.3, 0.4) is 0 Å². The summed E-state index contributed by atoms with van der Waals surface area (Å²) in [5.41, 5.74) is 1.06. The lowest BCUT2D eigenvalue weighted by atomic mass is 9.93. The van der Waals surface area contributed by atoms with Crippen molar-refractivity contribution in [1.82, 2.24) is 9.80 Å². The van der Waals surface area contributed by atoms with E-state index in [-0.39, 0.29) is 48.7 Å². The van der Waals surface area contributed by atoms with Gasteiger partial charge in [-0.2, -0.15) is 0 Å². The summed E-state index contributed by atoms with van der Waals surface area (Å²) in [6.45, 7) is 8.12. The van der Waals surface area contributed by atoms with Gasteiger partial charge in [-0.05, 0) is 48.2 Å². The molecule has 5 aliphatic rings. The number of rotatable bonds is 26. The van der Waals surface area contributed by atoms with Gasteiger partial charge in [-0.15, -0.1) is 6.58 Å². The smallest absolute Gasteiger partial charge is 0.303 e. The van der Waals surface area contributed by atoms with Crippen LogP contribution in [0.4, 0.5) is 0 Å². The van der Waals surface area contributed by atoms with Crippen molar-refractivity contribution in [1.29, 1.82) is 0 Å². The minimum Gasteiger partial charge on any atom is -0.463 e. The van der Waals surface area contributed by atoms with Crippen LogP contribution in [0.15, 0.2) is 122 Å². The Morgan fingerprint density at radius 2 is 0.802 bits per heavy atom. The Morgan fingerprint density at radius 1 is 0.429 bits per heavy atom. The van der Waals surface area contributed by atoms with Gasteiger partial charge in [0.05, 0.1) is 48.7 Å². The molecular weight excluding hydrogens is 1190 g/mol. The Balaban J connectivity index is 1.25. The van der Waals surface area contributed by atoms with Gasteiger partial charge in [-0.25, -0.2) is 0 Å². The molecular formula is C65H70N2O24. The highest BCUT2D eigenvalue weighted by Gasteiger charge is 2.63. The second-order valence-corrected chi connectivity index (χ2v) is 21.8. The molecule has 15 atom stereocenters. The van der Waals surface area contributed by atoms with Gasteiger partial charge in [0.1, 0.15) is 61.9 Å². The van der Waals surface area contributed by atoms with E-state index in [1.165, 1.54) is 48.5 Å². The Labute approximate surface area is 523 Å². The lowest BCUT2D eigenvalue weighted by Gasteiger charge is -2.52. The van der Waals surface area contributed by atoms with Gasteiger partial charge >= 0.3 is 35.8 Å². The second kappa shape index (κ2) is 30.5. The number of nitrogens with zero attached hydrogens (tertiary/aromatic N) is 2. The fourth-order valence-electron chi connectivity index (χ4n) is 11.5. The third-order valence-corrected chi connectivity index (χ3v) is 15.3. The monoisotopic (exact) mass is 1260 g/mol. The standard InChI is InChI=1S/C65H70N2O24/c1-8-9-20-29-79-65-58(91-64-51(67-61(76)45-27-18-19-28-46(45)62(67)77)56(86-40(7)73)53(84-38(5)71)49(88-64)34-81-36(3)69)57(82-31-42-23-14-11-15-24-42)54(47(89-65)32-78-30-41-21-12-10-13-22-41)90-63-50(66-59(74)43-25-16-17-26-44(43)60(66)75)55(85-39(6)72)52(83-37(4)70)48(87-63)33-80-35(2)68/h8,10-19,21-28,47-58,63-65H,1,9,20,29-34H2,2-7H3. The Hall–Kier alpha value is -8.60. The van der Waals surface area contributed by atoms with Crippen LogP contribution in [0.2, 0.25) is 0 Å². The first-order valence-corrected chi connectivity index (χ1v) is 29.4. The molecule has 0 radical (unpaired) electrons. The molecule has 4 aromatic carbocycles. The van der Waals surface area contributed by atoms with E-state index in [0.29, 0.717) is 18.4 Å². The number of esters is 6. The van der Waals surface area contributed by atoms with Gasteiger partial charge in [0.25, 0.3) is 23.6 Å². The molecule has 26 heteroatoms. The quantitative estimate of drug-likeness (QED) is 0.0265. The summed E-state index contributed by atoms with van der Waals surface area (Å²) >= 11 is 0. The van der Waals surface area contributed by atoms with Crippen molar-refractivity contribution >= 4 is 59.4 Å². The number of unbranched alkanes of at least 4 members (excludes halogenated alkanes) is 1. The van der Waals surface area contributed by atoms with Gasteiger partial charge in [-0.1, -0.05) is 91.0 Å². The molecule has 484 valence electrons. The van der Waals surface area contributed by atoms with E-state index in [1.807, 2.05) is 18.2 Å². The minimum atomic E-state index is -2.02. The predicted molar refractivity (Wildman–Crippen MR) is 309 cm³/mol. The molecule has 0 bridgehead atoms. The van der Waals surface area contributed by atoms with Crippen molar-refractivity contribution in [3.8, 4) is 0 Å². The molecule has 0 N–H and O–H groups in total. The number of fused-ring (bicyclic) bond motifs is 2. The van der Waals surface area contributed by atoms with Crippen LogP contribution >= 0.6 is 0 Å². The number of hydrogen-bond donors (Lipinski definition) is 0. The molecule has 0 aromatic heterocycles. The zero-order valence-corrected chi connectivity index (χ0v) is 50.7. The first kappa shape index (κ1) is 66.8. The molecule has 3 saturated heterocycles. The first-order valence-electron chi connectivity index (χ1n) is 29.4. The molecule has 0 aliphatic carbocycles. The Bertz CT molecular complexity index is 3260. The Morgan fingerprint density at radius 3 is 1.21 bits per heavy atom. The van der Waals surface area contributed by atoms with Crippen LogP contribution in [-0.4, -0.2) is 188 Å². The average Bonchev–Trinajstić information content (AvgIpc) is 1.69. The van der Waals surface area contributed by atoms with E-state index in [2.05, 4.69) is 6.58 Å². The van der Waals surface area contributed by atoms with Gasteiger partial charge in [0, 0.05) is 41.5 Å².